The van der Waals surface area contributed by atoms with Gasteiger partial charge in [0, 0.05) is 30.9 Å². The Kier molecular flexibility index (Phi) is 41.0. The van der Waals surface area contributed by atoms with E-state index in [4.69, 9.17) is 9.47 Å². The first-order valence-electron chi connectivity index (χ1n) is 13.7. The molecule has 0 aromatic rings. The van der Waals surface area contributed by atoms with E-state index in [0.717, 1.165) is 19.3 Å². The predicted octanol–water partition coefficient (Wildman–Crippen LogP) is 0.350. The van der Waals surface area contributed by atoms with Gasteiger partial charge >= 0.3 is 71.1 Å². The van der Waals surface area contributed by atoms with Gasteiger partial charge in [-0.25, -0.2) is 4.79 Å². The largest absolute Gasteiger partial charge is 1.00 e. The van der Waals surface area contributed by atoms with Crippen LogP contribution in [-0.2, 0) is 28.2 Å². The molecule has 1 atom stereocenters. The maximum absolute atomic E-state index is 12.2. The fraction of sp³-hybridized carbons (Fsp3) is 0.515. The summed E-state index contributed by atoms with van der Waals surface area (Å²) in [6.07, 6.45) is 11.1. The number of hydrogen-bond acceptors (Lipinski definition) is 8. The van der Waals surface area contributed by atoms with Crippen LogP contribution in [0, 0.1) is 82.9 Å². The molecule has 0 N–H and O–H groups in total. The SMILES string of the molecule is CC#CC#CC#CC#CC#CC#CC#CC(=O)OC[C@@H](COP(=O)([O-])[O-])OC(=O)CCCCCCCCCCCCC.S.[HH].[HH].[HH].[HH].[HH].[HH].[HH].[HH].[HH].[HH].[HH].[HH].[HH].[Na+].[Na+]. The van der Waals surface area contributed by atoms with E-state index in [9.17, 15) is 23.9 Å². The third kappa shape index (κ3) is 40.3. The number of carbonyl (C=O) groups is 2. The monoisotopic (exact) mass is 696 g/mol. The van der Waals surface area contributed by atoms with Crippen molar-refractivity contribution in [1.82, 2.24) is 0 Å². The van der Waals surface area contributed by atoms with Crippen molar-refractivity contribution in [1.29, 1.82) is 0 Å². The van der Waals surface area contributed by atoms with Crippen molar-refractivity contribution < 1.29 is 116 Å². The van der Waals surface area contributed by atoms with E-state index in [2.05, 4.69) is 94.3 Å². The fourth-order valence-electron chi connectivity index (χ4n) is 3.13. The van der Waals surface area contributed by atoms with Crippen molar-refractivity contribution in [3.8, 4) is 82.9 Å². The van der Waals surface area contributed by atoms with Gasteiger partial charge in [0.05, 0.1) is 14.4 Å². The Hall–Kier alpha value is -1.68. The van der Waals surface area contributed by atoms with E-state index < -0.39 is 39.1 Å². The number of phosphoric acid groups is 1. The minimum absolute atomic E-state index is 0. The molecule has 0 saturated carbocycles. The number of ether oxygens (including phenoxy) is 2. The Morgan fingerprint density at radius 3 is 1.56 bits per heavy atom. The first-order valence-corrected chi connectivity index (χ1v) is 15.2. The van der Waals surface area contributed by atoms with Crippen molar-refractivity contribution >= 4 is 33.3 Å². The van der Waals surface area contributed by atoms with Crippen molar-refractivity contribution in [2.75, 3.05) is 13.2 Å². The Morgan fingerprint density at radius 2 is 1.11 bits per heavy atom. The first-order chi connectivity index (χ1) is 20.3. The second kappa shape index (κ2) is 36.8. The fourth-order valence-corrected chi connectivity index (χ4v) is 3.48. The zero-order valence-electron chi connectivity index (χ0n) is 26.7. The van der Waals surface area contributed by atoms with Gasteiger partial charge in [-0.05, 0) is 84.4 Å². The molecular formula is C33H63Na2O8PS. The molecule has 0 aliphatic carbocycles. The van der Waals surface area contributed by atoms with Gasteiger partial charge in [-0.3, -0.25) is 4.79 Å². The van der Waals surface area contributed by atoms with Gasteiger partial charge < -0.3 is 28.3 Å². The number of phosphoric ester groups is 1. The molecule has 0 bridgehead atoms. The van der Waals surface area contributed by atoms with Crippen LogP contribution in [0.2, 0.25) is 0 Å². The molecule has 45 heavy (non-hydrogen) atoms. The minimum Gasteiger partial charge on any atom is -0.790 e. The summed E-state index contributed by atoms with van der Waals surface area (Å²) in [6, 6.07) is 0. The minimum atomic E-state index is -5.32. The van der Waals surface area contributed by atoms with Gasteiger partial charge in [0.1, 0.15) is 6.61 Å². The summed E-state index contributed by atoms with van der Waals surface area (Å²) in [4.78, 5) is 45.6. The molecule has 0 aliphatic rings. The van der Waals surface area contributed by atoms with Crippen molar-refractivity contribution in [3.63, 3.8) is 0 Å². The second-order valence-electron chi connectivity index (χ2n) is 8.61. The van der Waals surface area contributed by atoms with Crippen LogP contribution in [0.4, 0.5) is 0 Å². The van der Waals surface area contributed by atoms with Crippen LogP contribution >= 0.6 is 21.3 Å². The summed E-state index contributed by atoms with van der Waals surface area (Å²) >= 11 is 0. The molecule has 12 heteroatoms. The quantitative estimate of drug-likeness (QED) is 0.0503. The summed E-state index contributed by atoms with van der Waals surface area (Å²) < 4.78 is 25.0. The number of hydrogen-bond donors (Lipinski definition) is 0. The van der Waals surface area contributed by atoms with Crippen LogP contribution in [0.5, 0.6) is 0 Å². The van der Waals surface area contributed by atoms with E-state index in [-0.39, 0.29) is 97.6 Å². The maximum atomic E-state index is 12.2. The van der Waals surface area contributed by atoms with Crippen LogP contribution in [-0.4, -0.2) is 31.3 Å². The average molecular weight is 697 g/mol. The molecule has 0 aromatic carbocycles. The number of rotatable bonds is 18. The van der Waals surface area contributed by atoms with Gasteiger partial charge in [0.15, 0.2) is 6.10 Å². The molecule has 0 rings (SSSR count). The van der Waals surface area contributed by atoms with E-state index in [1.54, 1.807) is 6.92 Å². The molecule has 0 saturated heterocycles. The zero-order valence-corrected chi connectivity index (χ0v) is 32.6. The van der Waals surface area contributed by atoms with E-state index in [1.807, 2.05) is 0 Å². The molecule has 0 amide bonds. The number of unbranched alkanes of at least 4 members (excludes halogenated alkanes) is 10. The van der Waals surface area contributed by atoms with Crippen LogP contribution in [0.15, 0.2) is 0 Å². The second-order valence-corrected chi connectivity index (χ2v) is 9.77. The van der Waals surface area contributed by atoms with Gasteiger partial charge in [0.2, 0.25) is 0 Å². The molecular weight excluding hydrogens is 633 g/mol. The molecule has 256 valence electrons. The smallest absolute Gasteiger partial charge is 0.790 e. The maximum Gasteiger partial charge on any atom is 1.00 e. The molecule has 0 aliphatic heterocycles. The summed E-state index contributed by atoms with van der Waals surface area (Å²) in [5.74, 6) is 32.0. The van der Waals surface area contributed by atoms with E-state index in [1.165, 1.54) is 44.9 Å². The van der Waals surface area contributed by atoms with Gasteiger partial charge in [0.25, 0.3) is 0 Å². The molecule has 0 heterocycles. The third-order valence-electron chi connectivity index (χ3n) is 5.08. The average Bonchev–Trinajstić information content (AvgIpc) is 2.95. The van der Waals surface area contributed by atoms with Gasteiger partial charge in [-0.2, -0.15) is 13.5 Å². The third-order valence-corrected chi connectivity index (χ3v) is 5.54. The van der Waals surface area contributed by atoms with Crippen LogP contribution < -0.4 is 68.9 Å². The van der Waals surface area contributed by atoms with Crippen LogP contribution in [0.3, 0.4) is 0 Å². The number of esters is 2. The molecule has 0 fully saturated rings. The Bertz CT molecular complexity index is 1390. The van der Waals surface area contributed by atoms with E-state index >= 15 is 0 Å². The summed E-state index contributed by atoms with van der Waals surface area (Å²) in [5.41, 5.74) is 0. The summed E-state index contributed by atoms with van der Waals surface area (Å²) in [5, 5.41) is 0. The van der Waals surface area contributed by atoms with E-state index in [0.29, 0.717) is 6.42 Å². The van der Waals surface area contributed by atoms with Crippen molar-refractivity contribution in [2.45, 2.75) is 97.0 Å². The van der Waals surface area contributed by atoms with Crippen molar-refractivity contribution in [3.05, 3.63) is 0 Å². The normalized spacial score (nSPS) is 9.07. The molecule has 8 nitrogen and oxygen atoms in total. The Labute approximate surface area is 340 Å². The standard InChI is InChI=1S/C33H37O8P.2Na.H2S.13H2/c1-3-5-7-9-11-13-15-16-18-19-21-23-25-27-32(34)39-29-31(30-40-42(36,37)38)41-33(35)28-26-24-22-20-17-14-12-10-8-6-4-2;;;;;;;;;;;;;;;;/h31H,4,6,8,10,12,14,17,20,22,24,26,28-30H2,1-2H3,(H2,36,37,38);;;1H2;13*1H/q;2*+1;;;;;;;;;;;;;;/p-2/t31-;;;;;;;;;;;;;;;;/m0................/s1. The summed E-state index contributed by atoms with van der Waals surface area (Å²) in [7, 11) is -5.32. The first kappa shape index (κ1) is 50.2. The number of carbonyl (C=O) groups excluding carboxylic acids is 2. The Balaban J connectivity index is -0.0000000700. The molecule has 0 unspecified atom stereocenters. The van der Waals surface area contributed by atoms with Crippen molar-refractivity contribution in [2.24, 2.45) is 0 Å². The van der Waals surface area contributed by atoms with Crippen LogP contribution in [0.1, 0.15) is 109 Å². The van der Waals surface area contributed by atoms with Gasteiger partial charge in [-0.15, -0.1) is 0 Å². The molecule has 0 spiro atoms. The predicted molar refractivity (Wildman–Crippen MR) is 193 cm³/mol. The topological polar surface area (TPSA) is 125 Å². The molecule has 0 aromatic heterocycles. The van der Waals surface area contributed by atoms with Gasteiger partial charge in [-0.1, -0.05) is 77.1 Å². The zero-order chi connectivity index (χ0) is 31.2. The molecule has 0 radical (unpaired) electrons. The summed E-state index contributed by atoms with van der Waals surface area (Å²) in [6.45, 7) is 2.52. The Morgan fingerprint density at radius 1 is 0.689 bits per heavy atom. The van der Waals surface area contributed by atoms with Crippen LogP contribution in [0.25, 0.3) is 0 Å².